The van der Waals surface area contributed by atoms with Gasteiger partial charge in [-0.15, -0.1) is 0 Å². The summed E-state index contributed by atoms with van der Waals surface area (Å²) in [6, 6.07) is -1.13. The first-order valence-corrected chi connectivity index (χ1v) is 12.4. The van der Waals surface area contributed by atoms with Crippen molar-refractivity contribution in [2.24, 2.45) is 11.7 Å². The number of rotatable bonds is 16. The fourth-order valence-electron chi connectivity index (χ4n) is 4.54. The Hall–Kier alpha value is -2.58. The molecule has 38 heavy (non-hydrogen) atoms. The van der Waals surface area contributed by atoms with Crippen LogP contribution in [0.25, 0.3) is 0 Å². The van der Waals surface area contributed by atoms with Crippen molar-refractivity contribution in [3.05, 3.63) is 0 Å². The molecule has 0 spiro atoms. The van der Waals surface area contributed by atoms with E-state index in [-0.39, 0.29) is 12.8 Å². The van der Waals surface area contributed by atoms with Gasteiger partial charge in [0.15, 0.2) is 28.4 Å². The number of ketones is 4. The minimum Gasteiger partial charge on any atom is -0.479 e. The molecule has 0 rings (SSSR count). The molecule has 13 nitrogen and oxygen atoms in total. The minimum absolute atomic E-state index is 0.0561. The van der Waals surface area contributed by atoms with Gasteiger partial charge in [0.2, 0.25) is 11.4 Å². The van der Waals surface area contributed by atoms with Gasteiger partial charge >= 0.3 is 5.97 Å². The van der Waals surface area contributed by atoms with Crippen molar-refractivity contribution in [1.29, 1.82) is 0 Å². The monoisotopic (exact) mass is 545 g/mol. The number of hydrogen-bond acceptors (Lipinski definition) is 11. The Morgan fingerprint density at radius 2 is 1.34 bits per heavy atom. The molecule has 0 aliphatic carbocycles. The van der Waals surface area contributed by atoms with Crippen molar-refractivity contribution >= 4 is 35.0 Å². The van der Waals surface area contributed by atoms with Gasteiger partial charge in [-0.2, -0.15) is 0 Å². The lowest BCUT2D eigenvalue weighted by atomic mass is 9.62. The number of carboxylic acid groups (broad SMARTS) is 1. The smallest absolute Gasteiger partial charge is 0.343 e. The molecule has 6 N–H and O–H groups in total. The Balaban J connectivity index is 8.13. The summed E-state index contributed by atoms with van der Waals surface area (Å²) in [6.07, 6.45) is -4.48. The van der Waals surface area contributed by atoms with E-state index in [1.807, 2.05) is 0 Å². The van der Waals surface area contributed by atoms with Gasteiger partial charge in [-0.1, -0.05) is 27.2 Å². The highest BCUT2D eigenvalue weighted by molar-refractivity contribution is 6.30. The molecule has 1 unspecified atom stereocenters. The Morgan fingerprint density at radius 3 is 1.66 bits per heavy atom. The predicted octanol–water partition coefficient (Wildman–Crippen LogP) is -1.47. The lowest BCUT2D eigenvalue weighted by Gasteiger charge is -2.51. The number of hydrogen-bond donors (Lipinski definition) is 5. The quantitative estimate of drug-likeness (QED) is 0.141. The maximum Gasteiger partial charge on any atom is 0.343 e. The zero-order valence-corrected chi connectivity index (χ0v) is 23.6. The summed E-state index contributed by atoms with van der Waals surface area (Å²) < 4.78 is 0. The second kappa shape index (κ2) is 13.0. The topological polar surface area (TPSA) is 216 Å². The first-order valence-electron chi connectivity index (χ1n) is 12.4. The van der Waals surface area contributed by atoms with Gasteiger partial charge in [0, 0.05) is 13.5 Å². The number of nitrogens with two attached hydrogens (primary N) is 1. The SMILES string of the molecule is CCC(N)C(=O)C[C@@](C(=O)[C@H](C)O)(C(=O)[C@@](C(=O)[C@](C)(O)C(=O)O)([C@@H](C)CC)N(C)C(=O)[C@@H](C)O)N(C)C. The van der Waals surface area contributed by atoms with E-state index in [1.165, 1.54) is 27.9 Å². The highest BCUT2D eigenvalue weighted by atomic mass is 16.4. The first-order chi connectivity index (χ1) is 17.2. The summed E-state index contributed by atoms with van der Waals surface area (Å²) in [6.45, 7) is 7.14. The summed E-state index contributed by atoms with van der Waals surface area (Å²) in [5, 5.41) is 40.9. The molecule has 0 heterocycles. The number of aliphatic hydroxyl groups excluding tert-OH is 2. The number of Topliss-reactive ketones (excluding diaryl/α,β-unsaturated/α-hetero) is 4. The third kappa shape index (κ3) is 6.01. The molecule has 0 aliphatic heterocycles. The molecule has 0 fully saturated rings. The van der Waals surface area contributed by atoms with Crippen LogP contribution >= 0.6 is 0 Å². The average molecular weight is 546 g/mol. The van der Waals surface area contributed by atoms with Crippen LogP contribution in [0.1, 0.15) is 60.8 Å². The maximum absolute atomic E-state index is 14.8. The molecule has 13 heteroatoms. The number of aliphatic carboxylic acids is 1. The molecule has 0 bridgehead atoms. The Labute approximate surface area is 223 Å². The van der Waals surface area contributed by atoms with Crippen molar-refractivity contribution in [3.8, 4) is 0 Å². The van der Waals surface area contributed by atoms with Crippen molar-refractivity contribution < 1.29 is 49.2 Å². The number of nitrogens with zero attached hydrogens (tertiary/aromatic N) is 2. The van der Waals surface area contributed by atoms with Crippen LogP contribution in [-0.4, -0.2) is 121 Å². The molecule has 1 amide bonds. The fraction of sp³-hybridized carbons (Fsp3) is 0.760. The summed E-state index contributed by atoms with van der Waals surface area (Å²) in [7, 11) is 3.43. The van der Waals surface area contributed by atoms with Crippen LogP contribution in [0.2, 0.25) is 0 Å². The van der Waals surface area contributed by atoms with Gasteiger partial charge in [0.1, 0.15) is 12.2 Å². The van der Waals surface area contributed by atoms with Gasteiger partial charge < -0.3 is 31.1 Å². The van der Waals surface area contributed by atoms with E-state index in [0.717, 1.165) is 25.8 Å². The van der Waals surface area contributed by atoms with E-state index in [1.54, 1.807) is 6.92 Å². The lowest BCUT2D eigenvalue weighted by Crippen LogP contribution is -2.78. The van der Waals surface area contributed by atoms with Crippen LogP contribution < -0.4 is 5.73 Å². The van der Waals surface area contributed by atoms with Crippen LogP contribution in [0.5, 0.6) is 0 Å². The standard InChI is InChI=1S/C25H43N3O10/c1-10-13(3)25(28(9)19(33)15(5)30,20(34)23(6,38)22(36)37)21(35)24(27(7)8,18(32)14(4)29)12-17(31)16(26)11-2/h13-16,29-30,38H,10-12,26H2,1-9H3,(H,36,37)/t13-,14-,15+,16?,23-,24+,25-/m0/s1. The molecule has 218 valence electrons. The van der Waals surface area contributed by atoms with E-state index < -0.39 is 82.3 Å². The molecule has 7 atom stereocenters. The van der Waals surface area contributed by atoms with Crippen LogP contribution in [0.4, 0.5) is 0 Å². The second-order valence-electron chi connectivity index (χ2n) is 10.1. The average Bonchev–Trinajstić information content (AvgIpc) is 2.84. The summed E-state index contributed by atoms with van der Waals surface area (Å²) in [5.74, 6) is -9.55. The lowest BCUT2D eigenvalue weighted by molar-refractivity contribution is -0.180. The van der Waals surface area contributed by atoms with Crippen molar-refractivity contribution in [2.75, 3.05) is 21.1 Å². The molecule has 0 aliphatic rings. The summed E-state index contributed by atoms with van der Waals surface area (Å²) in [5.41, 5.74) is -2.89. The van der Waals surface area contributed by atoms with Crippen molar-refractivity contribution in [3.63, 3.8) is 0 Å². The van der Waals surface area contributed by atoms with E-state index >= 15 is 0 Å². The van der Waals surface area contributed by atoms with Crippen molar-refractivity contribution in [1.82, 2.24) is 9.80 Å². The number of aliphatic hydroxyl groups is 3. The minimum atomic E-state index is -3.25. The third-order valence-electron chi connectivity index (χ3n) is 7.30. The second-order valence-corrected chi connectivity index (χ2v) is 10.1. The largest absolute Gasteiger partial charge is 0.479 e. The molecule has 0 aromatic heterocycles. The van der Waals surface area contributed by atoms with Crippen LogP contribution in [0.3, 0.4) is 0 Å². The van der Waals surface area contributed by atoms with Crippen LogP contribution in [-0.2, 0) is 28.8 Å². The number of carbonyl (C=O) groups is 6. The normalized spacial score (nSPS) is 19.6. The molecule has 0 saturated carbocycles. The molecular weight excluding hydrogens is 502 g/mol. The van der Waals surface area contributed by atoms with Gasteiger partial charge in [0.25, 0.3) is 5.91 Å². The third-order valence-corrected chi connectivity index (χ3v) is 7.30. The number of carbonyl (C=O) groups excluding carboxylic acids is 5. The van der Waals surface area contributed by atoms with E-state index in [0.29, 0.717) is 11.8 Å². The Morgan fingerprint density at radius 1 is 0.868 bits per heavy atom. The Kier molecular flexibility index (Phi) is 12.1. The first kappa shape index (κ1) is 35.4. The highest BCUT2D eigenvalue weighted by Gasteiger charge is 2.68. The predicted molar refractivity (Wildman–Crippen MR) is 136 cm³/mol. The number of amides is 1. The van der Waals surface area contributed by atoms with E-state index in [4.69, 9.17) is 5.73 Å². The van der Waals surface area contributed by atoms with Crippen LogP contribution in [0.15, 0.2) is 0 Å². The van der Waals surface area contributed by atoms with Gasteiger partial charge in [-0.25, -0.2) is 4.79 Å². The number of likely N-dealkylation sites (N-methyl/N-ethyl adjacent to an activating group) is 2. The van der Waals surface area contributed by atoms with Gasteiger partial charge in [-0.3, -0.25) is 28.9 Å². The molecule has 0 aromatic rings. The van der Waals surface area contributed by atoms with E-state index in [9.17, 15) is 49.2 Å². The molecule has 0 saturated heterocycles. The summed E-state index contributed by atoms with van der Waals surface area (Å²) >= 11 is 0. The zero-order chi connectivity index (χ0) is 30.5. The van der Waals surface area contributed by atoms with Crippen molar-refractivity contribution in [2.45, 2.75) is 95.7 Å². The Bertz CT molecular complexity index is 946. The fourth-order valence-corrected chi connectivity index (χ4v) is 4.54. The highest BCUT2D eigenvalue weighted by Crippen LogP contribution is 2.40. The molecular formula is C25H43N3O10. The molecule has 0 aromatic carbocycles. The summed E-state index contributed by atoms with van der Waals surface area (Å²) in [4.78, 5) is 82.2. The van der Waals surface area contributed by atoms with Gasteiger partial charge in [0.05, 0.1) is 6.04 Å². The number of carboxylic acids is 1. The van der Waals surface area contributed by atoms with Crippen LogP contribution in [0, 0.1) is 5.92 Å². The zero-order valence-electron chi connectivity index (χ0n) is 23.6. The maximum atomic E-state index is 14.8. The molecule has 0 radical (unpaired) electrons. The van der Waals surface area contributed by atoms with E-state index in [2.05, 4.69) is 0 Å². The van der Waals surface area contributed by atoms with Gasteiger partial charge in [-0.05, 0) is 47.2 Å².